The number of anilines is 1. The standard InChI is InChI=1S/C12H15N3O2/c1-15-10(7-8-11(15)16)12(17)14-13-9-5-3-2-4-6-9/h2-6,10,13H,7-8H2,1H3,(H,14,17). The molecule has 5 nitrogen and oxygen atoms in total. The fourth-order valence-corrected chi connectivity index (χ4v) is 1.85. The minimum absolute atomic E-state index is 0.0184. The Bertz CT molecular complexity index is 419. The van der Waals surface area contributed by atoms with Gasteiger partial charge in [-0.25, -0.2) is 0 Å². The molecule has 0 bridgehead atoms. The first-order valence-electron chi connectivity index (χ1n) is 5.55. The van der Waals surface area contributed by atoms with Crippen molar-refractivity contribution in [2.75, 3.05) is 12.5 Å². The zero-order valence-electron chi connectivity index (χ0n) is 9.64. The zero-order chi connectivity index (χ0) is 12.3. The fraction of sp³-hybridized carbons (Fsp3) is 0.333. The third-order valence-electron chi connectivity index (χ3n) is 2.90. The van der Waals surface area contributed by atoms with Crippen molar-refractivity contribution in [1.82, 2.24) is 10.3 Å². The van der Waals surface area contributed by atoms with Crippen LogP contribution in [0.4, 0.5) is 5.69 Å². The summed E-state index contributed by atoms with van der Waals surface area (Å²) in [5.41, 5.74) is 6.24. The summed E-state index contributed by atoms with van der Waals surface area (Å²) in [4.78, 5) is 24.6. The Balaban J connectivity index is 1.88. The highest BCUT2D eigenvalue weighted by molar-refractivity contribution is 5.91. The van der Waals surface area contributed by atoms with Crippen molar-refractivity contribution in [2.24, 2.45) is 0 Å². The molecule has 0 spiro atoms. The van der Waals surface area contributed by atoms with E-state index in [4.69, 9.17) is 0 Å². The summed E-state index contributed by atoms with van der Waals surface area (Å²) in [7, 11) is 1.65. The van der Waals surface area contributed by atoms with Crippen LogP contribution in [0, 0.1) is 0 Å². The van der Waals surface area contributed by atoms with Crippen LogP contribution in [-0.2, 0) is 9.59 Å². The van der Waals surface area contributed by atoms with Gasteiger partial charge in [-0.3, -0.25) is 20.4 Å². The van der Waals surface area contributed by atoms with Crippen molar-refractivity contribution in [3.05, 3.63) is 30.3 Å². The van der Waals surface area contributed by atoms with E-state index in [0.29, 0.717) is 12.8 Å². The number of hydrazine groups is 1. The van der Waals surface area contributed by atoms with Gasteiger partial charge in [-0.15, -0.1) is 0 Å². The van der Waals surface area contributed by atoms with Gasteiger partial charge in [0, 0.05) is 13.5 Å². The Morgan fingerprint density at radius 3 is 2.65 bits per heavy atom. The van der Waals surface area contributed by atoms with E-state index in [-0.39, 0.29) is 17.9 Å². The number of rotatable bonds is 3. The first-order chi connectivity index (χ1) is 8.18. The number of amides is 2. The summed E-state index contributed by atoms with van der Waals surface area (Å²) < 4.78 is 0. The second-order valence-electron chi connectivity index (χ2n) is 4.04. The third kappa shape index (κ3) is 2.55. The number of hydrogen-bond acceptors (Lipinski definition) is 3. The van der Waals surface area contributed by atoms with Crippen molar-refractivity contribution in [3.8, 4) is 0 Å². The number of hydrogen-bond donors (Lipinski definition) is 2. The van der Waals surface area contributed by atoms with Gasteiger partial charge < -0.3 is 4.90 Å². The second-order valence-corrected chi connectivity index (χ2v) is 4.04. The Kier molecular flexibility index (Phi) is 3.27. The number of carbonyl (C=O) groups is 2. The van der Waals surface area contributed by atoms with Gasteiger partial charge in [-0.1, -0.05) is 18.2 Å². The maximum absolute atomic E-state index is 11.8. The Labute approximate surface area is 99.8 Å². The minimum Gasteiger partial charge on any atom is -0.334 e. The summed E-state index contributed by atoms with van der Waals surface area (Å²) in [6.45, 7) is 0. The molecule has 2 N–H and O–H groups in total. The lowest BCUT2D eigenvalue weighted by Crippen LogP contribution is -2.44. The molecule has 17 heavy (non-hydrogen) atoms. The number of likely N-dealkylation sites (N-methyl/N-ethyl adjacent to an activating group) is 1. The molecule has 1 unspecified atom stereocenters. The predicted octanol–water partition coefficient (Wildman–Crippen LogP) is 0.750. The van der Waals surface area contributed by atoms with Gasteiger partial charge in [0.25, 0.3) is 5.91 Å². The quantitative estimate of drug-likeness (QED) is 0.757. The van der Waals surface area contributed by atoms with Crippen LogP contribution < -0.4 is 10.9 Å². The summed E-state index contributed by atoms with van der Waals surface area (Å²) in [5, 5.41) is 0. The minimum atomic E-state index is -0.362. The maximum atomic E-state index is 11.8. The lowest BCUT2D eigenvalue weighted by atomic mass is 10.2. The predicted molar refractivity (Wildman–Crippen MR) is 64.0 cm³/mol. The number of likely N-dealkylation sites (tertiary alicyclic amines) is 1. The monoisotopic (exact) mass is 233 g/mol. The van der Waals surface area contributed by atoms with Crippen LogP contribution in [0.1, 0.15) is 12.8 Å². The van der Waals surface area contributed by atoms with E-state index < -0.39 is 0 Å². The van der Waals surface area contributed by atoms with E-state index >= 15 is 0 Å². The van der Waals surface area contributed by atoms with E-state index in [1.165, 1.54) is 4.90 Å². The molecule has 1 fully saturated rings. The van der Waals surface area contributed by atoms with Crippen LogP contribution in [-0.4, -0.2) is 29.8 Å². The summed E-state index contributed by atoms with van der Waals surface area (Å²) in [5.74, 6) is -0.160. The highest BCUT2D eigenvalue weighted by Gasteiger charge is 2.32. The normalized spacial score (nSPS) is 19.2. The van der Waals surface area contributed by atoms with E-state index in [9.17, 15) is 9.59 Å². The van der Waals surface area contributed by atoms with Gasteiger partial charge >= 0.3 is 0 Å². The molecule has 1 aliphatic heterocycles. The summed E-state index contributed by atoms with van der Waals surface area (Å²) in [6.07, 6.45) is 1.03. The van der Waals surface area contributed by atoms with Crippen LogP contribution in [0.25, 0.3) is 0 Å². The topological polar surface area (TPSA) is 61.4 Å². The van der Waals surface area contributed by atoms with Crippen LogP contribution in [0.2, 0.25) is 0 Å². The van der Waals surface area contributed by atoms with E-state index in [0.717, 1.165) is 5.69 Å². The molecule has 2 amide bonds. The molecule has 1 aromatic carbocycles. The molecule has 1 atom stereocenters. The number of benzene rings is 1. The molecule has 2 rings (SSSR count). The lowest BCUT2D eigenvalue weighted by Gasteiger charge is -2.19. The average molecular weight is 233 g/mol. The molecule has 1 saturated heterocycles. The van der Waals surface area contributed by atoms with Crippen LogP contribution in [0.15, 0.2) is 30.3 Å². The number of nitrogens with one attached hydrogen (secondary N) is 2. The van der Waals surface area contributed by atoms with Gasteiger partial charge in [-0.2, -0.15) is 0 Å². The average Bonchev–Trinajstić information content (AvgIpc) is 2.69. The van der Waals surface area contributed by atoms with Gasteiger partial charge in [0.2, 0.25) is 5.91 Å². The molecule has 0 aliphatic carbocycles. The number of nitrogens with zero attached hydrogens (tertiary/aromatic N) is 1. The highest BCUT2D eigenvalue weighted by Crippen LogP contribution is 2.16. The first kappa shape index (κ1) is 11.4. The van der Waals surface area contributed by atoms with Crippen molar-refractivity contribution < 1.29 is 9.59 Å². The van der Waals surface area contributed by atoms with E-state index in [1.54, 1.807) is 7.05 Å². The zero-order valence-corrected chi connectivity index (χ0v) is 9.64. The first-order valence-corrected chi connectivity index (χ1v) is 5.55. The van der Waals surface area contributed by atoms with Crippen molar-refractivity contribution in [1.29, 1.82) is 0 Å². The summed E-state index contributed by atoms with van der Waals surface area (Å²) >= 11 is 0. The molecule has 0 aromatic heterocycles. The fourth-order valence-electron chi connectivity index (χ4n) is 1.85. The molecule has 90 valence electrons. The molecule has 1 aliphatic rings. The Morgan fingerprint density at radius 2 is 2.06 bits per heavy atom. The van der Waals surface area contributed by atoms with Gasteiger partial charge in [0.05, 0.1) is 5.69 Å². The van der Waals surface area contributed by atoms with E-state index in [1.807, 2.05) is 30.3 Å². The Morgan fingerprint density at radius 1 is 1.35 bits per heavy atom. The molecule has 5 heteroatoms. The number of carbonyl (C=O) groups excluding carboxylic acids is 2. The molecular weight excluding hydrogens is 218 g/mol. The van der Waals surface area contributed by atoms with Crippen molar-refractivity contribution in [3.63, 3.8) is 0 Å². The summed E-state index contributed by atoms with van der Waals surface area (Å²) in [6, 6.07) is 8.99. The maximum Gasteiger partial charge on any atom is 0.261 e. The highest BCUT2D eigenvalue weighted by atomic mass is 16.2. The smallest absolute Gasteiger partial charge is 0.261 e. The molecule has 0 radical (unpaired) electrons. The third-order valence-corrected chi connectivity index (χ3v) is 2.90. The molecule has 1 aromatic rings. The van der Waals surface area contributed by atoms with Crippen LogP contribution in [0.3, 0.4) is 0 Å². The molecular formula is C12H15N3O2. The molecule has 0 saturated carbocycles. The molecule has 1 heterocycles. The SMILES string of the molecule is CN1C(=O)CCC1C(=O)NNc1ccccc1. The van der Waals surface area contributed by atoms with Crippen molar-refractivity contribution >= 4 is 17.5 Å². The van der Waals surface area contributed by atoms with Gasteiger partial charge in [-0.05, 0) is 18.6 Å². The van der Waals surface area contributed by atoms with Crippen LogP contribution in [0.5, 0.6) is 0 Å². The van der Waals surface area contributed by atoms with E-state index in [2.05, 4.69) is 10.9 Å². The second kappa shape index (κ2) is 4.86. The lowest BCUT2D eigenvalue weighted by molar-refractivity contribution is -0.133. The van der Waals surface area contributed by atoms with Gasteiger partial charge in [0.1, 0.15) is 6.04 Å². The largest absolute Gasteiger partial charge is 0.334 e. The van der Waals surface area contributed by atoms with Crippen molar-refractivity contribution in [2.45, 2.75) is 18.9 Å². The van der Waals surface area contributed by atoms with Gasteiger partial charge in [0.15, 0.2) is 0 Å². The van der Waals surface area contributed by atoms with Crippen LogP contribution >= 0.6 is 0 Å². The Hall–Kier alpha value is -2.04. The number of para-hydroxylation sites is 1.